The molecule has 0 saturated carbocycles. The molecular weight excluding hydrogens is 548 g/mol. The molecule has 2 heterocycles. The van der Waals surface area contributed by atoms with Crippen molar-refractivity contribution in [3.8, 4) is 11.1 Å². The van der Waals surface area contributed by atoms with Crippen LogP contribution in [0.25, 0.3) is 21.9 Å². The normalized spacial score (nSPS) is 19.2. The summed E-state index contributed by atoms with van der Waals surface area (Å²) in [5.41, 5.74) is 4.14. The van der Waals surface area contributed by atoms with E-state index in [1.54, 1.807) is 16.7 Å². The topological polar surface area (TPSA) is 81.8 Å². The summed E-state index contributed by atoms with van der Waals surface area (Å²) in [6.45, 7) is 4.48. The summed E-state index contributed by atoms with van der Waals surface area (Å²) in [5.74, 6) is -0.0375. The number of fused-ring (bicyclic) bond motifs is 1. The molecule has 2 atom stereocenters. The molecule has 6 rings (SSSR count). The van der Waals surface area contributed by atoms with Gasteiger partial charge in [-0.25, -0.2) is 0 Å². The monoisotopic (exact) mass is 588 g/mol. The second kappa shape index (κ2) is 13.4. The first-order valence-electron chi connectivity index (χ1n) is 15.6. The van der Waals surface area contributed by atoms with E-state index >= 15 is 0 Å². The first kappa shape index (κ1) is 29.6. The summed E-state index contributed by atoms with van der Waals surface area (Å²) in [6.07, 6.45) is 2.38. The van der Waals surface area contributed by atoms with E-state index < -0.39 is 12.1 Å². The summed E-state index contributed by atoms with van der Waals surface area (Å²) in [4.78, 5) is 44.2. The zero-order chi connectivity index (χ0) is 30.5. The van der Waals surface area contributed by atoms with Crippen molar-refractivity contribution in [1.29, 1.82) is 0 Å². The van der Waals surface area contributed by atoms with Gasteiger partial charge in [-0.05, 0) is 64.9 Å². The first-order valence-corrected chi connectivity index (χ1v) is 15.6. The lowest BCUT2D eigenvalue weighted by atomic mass is 9.95. The van der Waals surface area contributed by atoms with Gasteiger partial charge in [0.2, 0.25) is 17.7 Å². The molecule has 0 bridgehead atoms. The van der Waals surface area contributed by atoms with Crippen LogP contribution in [0.4, 0.5) is 0 Å². The second-order valence-corrected chi connectivity index (χ2v) is 12.1. The third-order valence-corrected chi connectivity index (χ3v) is 9.02. The summed E-state index contributed by atoms with van der Waals surface area (Å²) in [5, 5.41) is 8.64. The van der Waals surface area contributed by atoms with Crippen LogP contribution in [0.2, 0.25) is 0 Å². The molecule has 7 nitrogen and oxygen atoms in total. The Hall–Kier alpha value is -4.49. The molecule has 0 aliphatic carbocycles. The highest BCUT2D eigenvalue weighted by atomic mass is 16.2. The van der Waals surface area contributed by atoms with Gasteiger partial charge in [-0.1, -0.05) is 97.1 Å². The van der Waals surface area contributed by atoms with Crippen LogP contribution in [0.3, 0.4) is 0 Å². The maximum atomic E-state index is 14.2. The van der Waals surface area contributed by atoms with E-state index in [-0.39, 0.29) is 24.3 Å². The van der Waals surface area contributed by atoms with Crippen molar-refractivity contribution in [2.24, 2.45) is 5.92 Å². The quantitative estimate of drug-likeness (QED) is 0.295. The van der Waals surface area contributed by atoms with E-state index in [2.05, 4.69) is 59.2 Å². The Labute approximate surface area is 259 Å². The van der Waals surface area contributed by atoms with Crippen molar-refractivity contribution >= 4 is 28.5 Å². The number of carbonyl (C=O) groups is 3. The minimum atomic E-state index is -0.769. The van der Waals surface area contributed by atoms with Crippen LogP contribution in [0.1, 0.15) is 30.9 Å². The molecular formula is C37H40N4O3. The van der Waals surface area contributed by atoms with Crippen LogP contribution in [-0.4, -0.2) is 65.8 Å². The van der Waals surface area contributed by atoms with E-state index in [0.717, 1.165) is 59.0 Å². The van der Waals surface area contributed by atoms with E-state index in [0.29, 0.717) is 25.4 Å². The van der Waals surface area contributed by atoms with E-state index in [4.69, 9.17) is 0 Å². The van der Waals surface area contributed by atoms with Crippen molar-refractivity contribution in [2.45, 2.75) is 44.8 Å². The van der Waals surface area contributed by atoms with Crippen LogP contribution >= 0.6 is 0 Å². The molecule has 4 aromatic rings. The van der Waals surface area contributed by atoms with Gasteiger partial charge in [0.25, 0.3) is 0 Å². The summed E-state index contributed by atoms with van der Waals surface area (Å²) in [6, 6.07) is 31.2. The summed E-state index contributed by atoms with van der Waals surface area (Å²) >= 11 is 0. The second-order valence-electron chi connectivity index (χ2n) is 12.1. The molecule has 0 radical (unpaired) electrons. The Morgan fingerprint density at radius 3 is 2.18 bits per heavy atom. The fourth-order valence-corrected chi connectivity index (χ4v) is 6.48. The number of rotatable bonds is 9. The number of nitrogens with one attached hydrogen (secondary N) is 2. The van der Waals surface area contributed by atoms with Gasteiger partial charge in [-0.2, -0.15) is 0 Å². The minimum Gasteiger partial charge on any atom is -0.342 e. The van der Waals surface area contributed by atoms with Crippen LogP contribution in [0.15, 0.2) is 97.1 Å². The molecule has 0 spiro atoms. The molecule has 3 amide bonds. The van der Waals surface area contributed by atoms with Crippen LogP contribution < -0.4 is 10.6 Å². The van der Waals surface area contributed by atoms with Crippen LogP contribution in [0.5, 0.6) is 0 Å². The SMILES string of the molecule is CC(=O)N(CC1CCNCC1)CC1C(=O)NC(Cc2ccc3ccccc3c2)C(=O)N1Cc1ccc(-c2ccccc2)cc1. The maximum absolute atomic E-state index is 14.2. The zero-order valence-corrected chi connectivity index (χ0v) is 25.2. The molecule has 2 aliphatic rings. The molecule has 2 unspecified atom stereocenters. The fourth-order valence-electron chi connectivity index (χ4n) is 6.48. The molecule has 7 heteroatoms. The van der Waals surface area contributed by atoms with Crippen molar-refractivity contribution in [3.05, 3.63) is 108 Å². The lowest BCUT2D eigenvalue weighted by Crippen LogP contribution is -2.66. The summed E-state index contributed by atoms with van der Waals surface area (Å²) in [7, 11) is 0. The highest BCUT2D eigenvalue weighted by molar-refractivity contribution is 5.97. The smallest absolute Gasteiger partial charge is 0.246 e. The number of amides is 3. The van der Waals surface area contributed by atoms with Gasteiger partial charge in [-0.15, -0.1) is 0 Å². The van der Waals surface area contributed by atoms with Crippen LogP contribution in [-0.2, 0) is 27.3 Å². The standard InChI is InChI=1S/C37H40N4O3/c1-26(42)40(23-28-17-19-38-20-18-28)25-35-36(43)39-34(22-29-13-16-31-9-5-6-10-33(31)21-29)37(44)41(35)24-27-11-14-32(15-12-27)30-7-3-2-4-8-30/h2-16,21,28,34-35,38H,17-20,22-25H2,1H3,(H,39,43). The third-order valence-electron chi connectivity index (χ3n) is 9.02. The van der Waals surface area contributed by atoms with Gasteiger partial charge in [0, 0.05) is 26.4 Å². The predicted octanol–water partition coefficient (Wildman–Crippen LogP) is 4.79. The molecule has 2 saturated heterocycles. The number of piperazine rings is 1. The van der Waals surface area contributed by atoms with Gasteiger partial charge >= 0.3 is 0 Å². The van der Waals surface area contributed by atoms with Gasteiger partial charge in [0.1, 0.15) is 12.1 Å². The number of nitrogens with zero attached hydrogens (tertiary/aromatic N) is 2. The lowest BCUT2D eigenvalue weighted by Gasteiger charge is -2.41. The zero-order valence-electron chi connectivity index (χ0n) is 25.2. The molecule has 2 N–H and O–H groups in total. The van der Waals surface area contributed by atoms with Crippen LogP contribution in [0, 0.1) is 5.92 Å². The molecule has 0 aromatic heterocycles. The van der Waals surface area contributed by atoms with Gasteiger partial charge in [0.05, 0.1) is 6.54 Å². The molecule has 44 heavy (non-hydrogen) atoms. The lowest BCUT2D eigenvalue weighted by molar-refractivity contribution is -0.152. The van der Waals surface area contributed by atoms with Gasteiger partial charge in [-0.3, -0.25) is 14.4 Å². The Morgan fingerprint density at radius 2 is 1.45 bits per heavy atom. The number of benzene rings is 4. The van der Waals surface area contributed by atoms with E-state index in [1.165, 1.54) is 0 Å². The highest BCUT2D eigenvalue weighted by Gasteiger charge is 2.42. The summed E-state index contributed by atoms with van der Waals surface area (Å²) < 4.78 is 0. The molecule has 226 valence electrons. The Kier molecular flexibility index (Phi) is 9.03. The fraction of sp³-hybridized carbons (Fsp3) is 0.324. The number of hydrogen-bond donors (Lipinski definition) is 2. The van der Waals surface area contributed by atoms with Gasteiger partial charge < -0.3 is 20.4 Å². The van der Waals surface area contributed by atoms with Crippen molar-refractivity contribution in [2.75, 3.05) is 26.2 Å². The van der Waals surface area contributed by atoms with Crippen molar-refractivity contribution in [1.82, 2.24) is 20.4 Å². The molecule has 2 aliphatic heterocycles. The van der Waals surface area contributed by atoms with Gasteiger partial charge in [0.15, 0.2) is 0 Å². The van der Waals surface area contributed by atoms with Crippen molar-refractivity contribution < 1.29 is 14.4 Å². The Balaban J connectivity index is 1.25. The largest absolute Gasteiger partial charge is 0.342 e. The average Bonchev–Trinajstić information content (AvgIpc) is 3.05. The first-order chi connectivity index (χ1) is 21.4. The highest BCUT2D eigenvalue weighted by Crippen LogP contribution is 2.24. The maximum Gasteiger partial charge on any atom is 0.246 e. The Morgan fingerprint density at radius 1 is 0.795 bits per heavy atom. The van der Waals surface area contributed by atoms with E-state index in [1.807, 2.05) is 48.5 Å². The average molecular weight is 589 g/mol. The number of hydrogen-bond acceptors (Lipinski definition) is 4. The third kappa shape index (κ3) is 6.84. The number of piperidine rings is 1. The molecule has 4 aromatic carbocycles. The number of carbonyl (C=O) groups excluding carboxylic acids is 3. The molecule has 2 fully saturated rings. The minimum absolute atomic E-state index is 0.0748. The van der Waals surface area contributed by atoms with Crippen molar-refractivity contribution in [3.63, 3.8) is 0 Å². The van der Waals surface area contributed by atoms with E-state index in [9.17, 15) is 14.4 Å². The predicted molar refractivity (Wildman–Crippen MR) is 174 cm³/mol. The Bertz CT molecular complexity index is 1620.